The number of ether oxygens (including phenoxy) is 1. The van der Waals surface area contributed by atoms with Gasteiger partial charge in [0.2, 0.25) is 0 Å². The van der Waals surface area contributed by atoms with E-state index in [1.807, 2.05) is 25.1 Å². The molecular weight excluding hydrogens is 310 g/mol. The Balaban J connectivity index is 1.81. The van der Waals surface area contributed by atoms with Gasteiger partial charge in [-0.1, -0.05) is 41.7 Å². The molecule has 0 saturated heterocycles. The molecule has 124 valence electrons. The Labute approximate surface area is 141 Å². The molecule has 1 heterocycles. The molecule has 0 unspecified atom stereocenters. The van der Waals surface area contributed by atoms with Crippen LogP contribution in [0.1, 0.15) is 27.3 Å². The first-order chi connectivity index (χ1) is 11.2. The third kappa shape index (κ3) is 5.65. The lowest BCUT2D eigenvalue weighted by molar-refractivity contribution is 0.0952. The van der Waals surface area contributed by atoms with Gasteiger partial charge in [0, 0.05) is 26.8 Å². The highest BCUT2D eigenvalue weighted by Crippen LogP contribution is 2.22. The standard InChI is InChI=1S/C17H23N3O2S/c1-13-15(16(21)18-10-6-12-22-2)23-17(20-13)19-11-9-14-7-4-3-5-8-14/h3-5,7-8H,6,9-12H2,1-2H3,(H,18,21)(H,19,20). The van der Waals surface area contributed by atoms with E-state index in [1.54, 1.807) is 7.11 Å². The molecule has 6 heteroatoms. The molecule has 5 nitrogen and oxygen atoms in total. The van der Waals surface area contributed by atoms with Crippen molar-refractivity contribution in [3.63, 3.8) is 0 Å². The number of anilines is 1. The van der Waals surface area contributed by atoms with E-state index in [0.717, 1.165) is 30.2 Å². The third-order valence-electron chi connectivity index (χ3n) is 3.35. The van der Waals surface area contributed by atoms with Gasteiger partial charge in [-0.3, -0.25) is 4.79 Å². The van der Waals surface area contributed by atoms with E-state index in [1.165, 1.54) is 16.9 Å². The molecule has 0 aliphatic heterocycles. The summed E-state index contributed by atoms with van der Waals surface area (Å²) in [6.45, 7) is 3.92. The number of aromatic nitrogens is 1. The highest BCUT2D eigenvalue weighted by atomic mass is 32.1. The average molecular weight is 333 g/mol. The first-order valence-corrected chi connectivity index (χ1v) is 8.54. The minimum absolute atomic E-state index is 0.0628. The molecule has 1 aromatic heterocycles. The number of methoxy groups -OCH3 is 1. The summed E-state index contributed by atoms with van der Waals surface area (Å²) in [4.78, 5) is 17.2. The van der Waals surface area contributed by atoms with Crippen molar-refractivity contribution in [3.05, 3.63) is 46.5 Å². The molecule has 0 saturated carbocycles. The summed E-state index contributed by atoms with van der Waals surface area (Å²) >= 11 is 1.40. The van der Waals surface area contributed by atoms with Crippen molar-refractivity contribution in [2.45, 2.75) is 19.8 Å². The molecule has 2 rings (SSSR count). The van der Waals surface area contributed by atoms with Gasteiger partial charge < -0.3 is 15.4 Å². The molecule has 0 radical (unpaired) electrons. The molecule has 1 aromatic carbocycles. The van der Waals surface area contributed by atoms with Crippen molar-refractivity contribution < 1.29 is 9.53 Å². The number of benzene rings is 1. The van der Waals surface area contributed by atoms with Gasteiger partial charge in [0.05, 0.1) is 5.69 Å². The first-order valence-electron chi connectivity index (χ1n) is 7.73. The topological polar surface area (TPSA) is 63.2 Å². The van der Waals surface area contributed by atoms with E-state index in [4.69, 9.17) is 4.74 Å². The monoisotopic (exact) mass is 333 g/mol. The molecule has 23 heavy (non-hydrogen) atoms. The second-order valence-corrected chi connectivity index (χ2v) is 6.20. The predicted octanol–water partition coefficient (Wildman–Crippen LogP) is 2.87. The summed E-state index contributed by atoms with van der Waals surface area (Å²) in [6.07, 6.45) is 1.74. The van der Waals surface area contributed by atoms with Crippen LogP contribution in [0.4, 0.5) is 5.13 Å². The van der Waals surface area contributed by atoms with E-state index < -0.39 is 0 Å². The smallest absolute Gasteiger partial charge is 0.263 e. The summed E-state index contributed by atoms with van der Waals surface area (Å²) in [6, 6.07) is 10.3. The lowest BCUT2D eigenvalue weighted by atomic mass is 10.2. The van der Waals surface area contributed by atoms with Gasteiger partial charge in [-0.15, -0.1) is 0 Å². The summed E-state index contributed by atoms with van der Waals surface area (Å²) < 4.78 is 4.97. The number of carbonyl (C=O) groups is 1. The van der Waals surface area contributed by atoms with Crippen LogP contribution in [0.2, 0.25) is 0 Å². The van der Waals surface area contributed by atoms with Crippen LogP contribution < -0.4 is 10.6 Å². The van der Waals surface area contributed by atoms with Crippen molar-refractivity contribution in [1.82, 2.24) is 10.3 Å². The van der Waals surface area contributed by atoms with Gasteiger partial charge in [-0.25, -0.2) is 4.98 Å². The molecule has 2 N–H and O–H groups in total. The van der Waals surface area contributed by atoms with E-state index >= 15 is 0 Å². The van der Waals surface area contributed by atoms with Crippen LogP contribution in [0, 0.1) is 6.92 Å². The fraction of sp³-hybridized carbons (Fsp3) is 0.412. The Hall–Kier alpha value is -1.92. The van der Waals surface area contributed by atoms with Gasteiger partial charge in [-0.05, 0) is 25.3 Å². The van der Waals surface area contributed by atoms with Crippen LogP contribution in [-0.2, 0) is 11.2 Å². The number of nitrogens with zero attached hydrogens (tertiary/aromatic N) is 1. The van der Waals surface area contributed by atoms with Crippen molar-refractivity contribution in [2.75, 3.05) is 32.1 Å². The van der Waals surface area contributed by atoms with Gasteiger partial charge in [-0.2, -0.15) is 0 Å². The van der Waals surface area contributed by atoms with E-state index in [-0.39, 0.29) is 5.91 Å². The fourth-order valence-electron chi connectivity index (χ4n) is 2.14. The molecule has 0 atom stereocenters. The van der Waals surface area contributed by atoms with Gasteiger partial charge >= 0.3 is 0 Å². The number of aryl methyl sites for hydroxylation is 1. The Morgan fingerprint density at radius 3 is 2.78 bits per heavy atom. The Morgan fingerprint density at radius 2 is 2.04 bits per heavy atom. The molecular formula is C17H23N3O2S. The molecule has 0 bridgehead atoms. The van der Waals surface area contributed by atoms with Gasteiger partial charge in [0.1, 0.15) is 4.88 Å². The second-order valence-electron chi connectivity index (χ2n) is 5.20. The maximum absolute atomic E-state index is 12.1. The molecule has 0 aliphatic carbocycles. The van der Waals surface area contributed by atoms with E-state index in [9.17, 15) is 4.79 Å². The highest BCUT2D eigenvalue weighted by molar-refractivity contribution is 7.17. The third-order valence-corrected chi connectivity index (χ3v) is 4.46. The van der Waals surface area contributed by atoms with E-state index in [2.05, 4.69) is 27.8 Å². The number of thiazole rings is 1. The highest BCUT2D eigenvalue weighted by Gasteiger charge is 2.14. The molecule has 2 aromatic rings. The van der Waals surface area contributed by atoms with Crippen LogP contribution >= 0.6 is 11.3 Å². The minimum atomic E-state index is -0.0628. The average Bonchev–Trinajstić information content (AvgIpc) is 2.93. The maximum atomic E-state index is 12.1. The summed E-state index contributed by atoms with van der Waals surface area (Å²) in [5, 5.41) is 6.98. The maximum Gasteiger partial charge on any atom is 0.263 e. The normalized spacial score (nSPS) is 10.5. The number of amides is 1. The van der Waals surface area contributed by atoms with Crippen molar-refractivity contribution >= 4 is 22.4 Å². The fourth-order valence-corrected chi connectivity index (χ4v) is 3.05. The summed E-state index contributed by atoms with van der Waals surface area (Å²) in [5.74, 6) is -0.0628. The SMILES string of the molecule is COCCCNC(=O)c1sc(NCCc2ccccc2)nc1C. The number of carbonyl (C=O) groups excluding carboxylic acids is 1. The first kappa shape index (κ1) is 17.4. The zero-order valence-corrected chi connectivity index (χ0v) is 14.4. The van der Waals surface area contributed by atoms with Crippen LogP contribution in [0.3, 0.4) is 0 Å². The van der Waals surface area contributed by atoms with E-state index in [0.29, 0.717) is 18.0 Å². The molecule has 0 aliphatic rings. The van der Waals surface area contributed by atoms with Crippen molar-refractivity contribution in [1.29, 1.82) is 0 Å². The van der Waals surface area contributed by atoms with Crippen LogP contribution in [0.25, 0.3) is 0 Å². The van der Waals surface area contributed by atoms with Crippen molar-refractivity contribution in [3.8, 4) is 0 Å². The van der Waals surface area contributed by atoms with Gasteiger partial charge in [0.15, 0.2) is 5.13 Å². The summed E-state index contributed by atoms with van der Waals surface area (Å²) in [5.41, 5.74) is 2.05. The van der Waals surface area contributed by atoms with Crippen LogP contribution in [-0.4, -0.2) is 37.7 Å². The Kier molecular flexibility index (Phi) is 7.03. The minimum Gasteiger partial charge on any atom is -0.385 e. The molecule has 0 fully saturated rings. The second kappa shape index (κ2) is 9.27. The summed E-state index contributed by atoms with van der Waals surface area (Å²) in [7, 11) is 1.66. The number of hydrogen-bond acceptors (Lipinski definition) is 5. The van der Waals surface area contributed by atoms with Crippen molar-refractivity contribution in [2.24, 2.45) is 0 Å². The molecule has 1 amide bonds. The Bertz CT molecular complexity index is 614. The van der Waals surface area contributed by atoms with Crippen LogP contribution in [0.15, 0.2) is 30.3 Å². The van der Waals surface area contributed by atoms with Crippen LogP contribution in [0.5, 0.6) is 0 Å². The zero-order chi connectivity index (χ0) is 16.5. The quantitative estimate of drug-likeness (QED) is 0.693. The largest absolute Gasteiger partial charge is 0.385 e. The molecule has 0 spiro atoms. The van der Waals surface area contributed by atoms with Gasteiger partial charge in [0.25, 0.3) is 5.91 Å². The number of rotatable bonds is 9. The zero-order valence-electron chi connectivity index (χ0n) is 13.6. The number of hydrogen-bond donors (Lipinski definition) is 2. The lowest BCUT2D eigenvalue weighted by Crippen LogP contribution is -2.24. The Morgan fingerprint density at radius 1 is 1.26 bits per heavy atom. The lowest BCUT2D eigenvalue weighted by Gasteiger charge is -2.03. The number of nitrogens with one attached hydrogen (secondary N) is 2. The predicted molar refractivity (Wildman–Crippen MR) is 94.3 cm³/mol.